The zero-order valence-corrected chi connectivity index (χ0v) is 17.1. The molecular formula is C30H21N. The molecule has 146 valence electrons. The second-order valence-electron chi connectivity index (χ2n) is 7.83. The van der Waals surface area contributed by atoms with Crippen LogP contribution in [0.5, 0.6) is 0 Å². The Labute approximate surface area is 181 Å². The third-order valence-corrected chi connectivity index (χ3v) is 6.01. The fraction of sp³-hybridized carbons (Fsp3) is 0. The van der Waals surface area contributed by atoms with Crippen LogP contribution in [0.15, 0.2) is 127 Å². The van der Waals surface area contributed by atoms with Crippen molar-refractivity contribution in [2.24, 2.45) is 0 Å². The molecule has 0 N–H and O–H groups in total. The van der Waals surface area contributed by atoms with E-state index in [1.165, 1.54) is 38.0 Å². The minimum absolute atomic E-state index is 1.15. The fourth-order valence-electron chi connectivity index (χ4n) is 4.62. The highest BCUT2D eigenvalue weighted by molar-refractivity contribution is 6.22. The number of hydrogen-bond donors (Lipinski definition) is 0. The van der Waals surface area contributed by atoms with Crippen LogP contribution in [0.4, 0.5) is 17.1 Å². The fourth-order valence-corrected chi connectivity index (χ4v) is 4.62. The maximum atomic E-state index is 2.35. The quantitative estimate of drug-likeness (QED) is 0.271. The molecule has 0 spiro atoms. The highest BCUT2D eigenvalue weighted by Crippen LogP contribution is 2.41. The van der Waals surface area contributed by atoms with Crippen molar-refractivity contribution < 1.29 is 0 Å². The molecule has 0 saturated carbocycles. The molecule has 1 nitrogen and oxygen atoms in total. The third-order valence-electron chi connectivity index (χ3n) is 6.01. The van der Waals surface area contributed by atoms with Crippen LogP contribution in [0, 0.1) is 0 Å². The van der Waals surface area contributed by atoms with Gasteiger partial charge in [-0.25, -0.2) is 0 Å². The molecule has 0 aliphatic rings. The summed E-state index contributed by atoms with van der Waals surface area (Å²) >= 11 is 0. The Kier molecular flexibility index (Phi) is 4.18. The molecule has 0 bridgehead atoms. The Morgan fingerprint density at radius 2 is 0.935 bits per heavy atom. The summed E-state index contributed by atoms with van der Waals surface area (Å²) in [5.41, 5.74) is 3.49. The lowest BCUT2D eigenvalue weighted by Gasteiger charge is -2.27. The van der Waals surface area contributed by atoms with Crippen LogP contribution in [-0.4, -0.2) is 0 Å². The van der Waals surface area contributed by atoms with Crippen LogP contribution in [-0.2, 0) is 0 Å². The van der Waals surface area contributed by atoms with Crippen molar-refractivity contribution in [1.82, 2.24) is 0 Å². The van der Waals surface area contributed by atoms with Gasteiger partial charge < -0.3 is 4.90 Å². The van der Waals surface area contributed by atoms with Crippen LogP contribution in [0.2, 0.25) is 0 Å². The molecule has 0 aliphatic heterocycles. The van der Waals surface area contributed by atoms with Gasteiger partial charge >= 0.3 is 0 Å². The van der Waals surface area contributed by atoms with E-state index < -0.39 is 0 Å². The summed E-state index contributed by atoms with van der Waals surface area (Å²) in [7, 11) is 0. The zero-order valence-electron chi connectivity index (χ0n) is 17.1. The van der Waals surface area contributed by atoms with Crippen LogP contribution in [0.1, 0.15) is 0 Å². The molecule has 0 heterocycles. The molecule has 6 aromatic carbocycles. The van der Waals surface area contributed by atoms with Crippen molar-refractivity contribution in [1.29, 1.82) is 0 Å². The topological polar surface area (TPSA) is 3.24 Å². The molecule has 1 heteroatoms. The Hall–Kier alpha value is -4.10. The normalized spacial score (nSPS) is 11.2. The molecule has 0 radical (unpaired) electrons. The molecule has 0 aliphatic carbocycles. The second-order valence-corrected chi connectivity index (χ2v) is 7.83. The molecule has 0 atom stereocenters. The lowest BCUT2D eigenvalue weighted by Crippen LogP contribution is -2.10. The largest absolute Gasteiger partial charge is 0.310 e. The molecule has 31 heavy (non-hydrogen) atoms. The van der Waals surface area contributed by atoms with E-state index in [1.807, 2.05) is 0 Å². The van der Waals surface area contributed by atoms with Gasteiger partial charge in [0.1, 0.15) is 0 Å². The third kappa shape index (κ3) is 2.94. The van der Waals surface area contributed by atoms with Crippen molar-refractivity contribution in [2.75, 3.05) is 4.90 Å². The molecule has 0 amide bonds. The highest BCUT2D eigenvalue weighted by atomic mass is 15.1. The first-order valence-corrected chi connectivity index (χ1v) is 10.6. The molecule has 6 aromatic rings. The van der Waals surface area contributed by atoms with Crippen LogP contribution in [0.3, 0.4) is 0 Å². The molecular weight excluding hydrogens is 374 g/mol. The average Bonchev–Trinajstić information content (AvgIpc) is 2.85. The Morgan fingerprint density at radius 3 is 1.68 bits per heavy atom. The monoisotopic (exact) mass is 395 g/mol. The van der Waals surface area contributed by atoms with E-state index in [4.69, 9.17) is 0 Å². The van der Waals surface area contributed by atoms with E-state index in [-0.39, 0.29) is 0 Å². The summed E-state index contributed by atoms with van der Waals surface area (Å²) in [6.07, 6.45) is 0. The van der Waals surface area contributed by atoms with Crippen molar-refractivity contribution in [3.63, 3.8) is 0 Å². The van der Waals surface area contributed by atoms with E-state index in [1.54, 1.807) is 0 Å². The van der Waals surface area contributed by atoms with Gasteiger partial charge in [-0.15, -0.1) is 0 Å². The summed E-state index contributed by atoms with van der Waals surface area (Å²) in [4.78, 5) is 2.35. The lowest BCUT2D eigenvalue weighted by molar-refractivity contribution is 1.30. The number of rotatable bonds is 3. The summed E-state index contributed by atoms with van der Waals surface area (Å²) in [5.74, 6) is 0. The van der Waals surface area contributed by atoms with Gasteiger partial charge in [-0.05, 0) is 57.3 Å². The number of nitrogens with zero attached hydrogens (tertiary/aromatic N) is 1. The van der Waals surface area contributed by atoms with Crippen molar-refractivity contribution in [2.45, 2.75) is 0 Å². The minimum atomic E-state index is 1.15. The number of hydrogen-bond acceptors (Lipinski definition) is 1. The second kappa shape index (κ2) is 7.30. The van der Waals surface area contributed by atoms with Gasteiger partial charge in [0.25, 0.3) is 0 Å². The van der Waals surface area contributed by atoms with E-state index in [2.05, 4.69) is 132 Å². The SMILES string of the molecule is c1ccc(N(c2ccccc2)c2cccc3c2ccc2ccc4ccccc4c23)cc1. The molecule has 0 saturated heterocycles. The standard InChI is InChI=1S/C30H21N/c1-3-11-24(12-4-1)31(25-13-5-2-6-14-25)29-17-9-16-28-27(29)21-20-23-19-18-22-10-7-8-15-26(22)30(23)28/h1-21H. The van der Waals surface area contributed by atoms with E-state index in [0.717, 1.165) is 11.4 Å². The highest BCUT2D eigenvalue weighted by Gasteiger charge is 2.16. The van der Waals surface area contributed by atoms with Gasteiger partial charge in [0.2, 0.25) is 0 Å². The van der Waals surface area contributed by atoms with Crippen molar-refractivity contribution in [3.8, 4) is 0 Å². The molecule has 0 unspecified atom stereocenters. The number of anilines is 3. The van der Waals surface area contributed by atoms with Gasteiger partial charge in [-0.2, -0.15) is 0 Å². The number of para-hydroxylation sites is 2. The molecule has 0 aromatic heterocycles. The smallest absolute Gasteiger partial charge is 0.0540 e. The Bertz CT molecular complexity index is 1480. The zero-order chi connectivity index (χ0) is 20.6. The maximum absolute atomic E-state index is 2.35. The first-order chi connectivity index (χ1) is 15.4. The predicted octanol–water partition coefficient (Wildman–Crippen LogP) is 8.62. The van der Waals surface area contributed by atoms with Gasteiger partial charge in [0.05, 0.1) is 5.69 Å². The average molecular weight is 396 g/mol. The first-order valence-electron chi connectivity index (χ1n) is 10.6. The Balaban J connectivity index is 1.70. The molecule has 0 fully saturated rings. The van der Waals surface area contributed by atoms with Crippen molar-refractivity contribution >= 4 is 49.4 Å². The van der Waals surface area contributed by atoms with Gasteiger partial charge in [-0.1, -0.05) is 97.1 Å². The first kappa shape index (κ1) is 17.7. The van der Waals surface area contributed by atoms with Crippen molar-refractivity contribution in [3.05, 3.63) is 127 Å². The minimum Gasteiger partial charge on any atom is -0.310 e. The van der Waals surface area contributed by atoms with Crippen LogP contribution >= 0.6 is 0 Å². The summed E-state index contributed by atoms with van der Waals surface area (Å²) in [5, 5.41) is 7.69. The maximum Gasteiger partial charge on any atom is 0.0540 e. The summed E-state index contributed by atoms with van der Waals surface area (Å²) < 4.78 is 0. The van der Waals surface area contributed by atoms with E-state index >= 15 is 0 Å². The van der Waals surface area contributed by atoms with Crippen LogP contribution < -0.4 is 4.90 Å². The number of benzene rings is 6. The predicted molar refractivity (Wildman–Crippen MR) is 134 cm³/mol. The van der Waals surface area contributed by atoms with Gasteiger partial charge in [0.15, 0.2) is 0 Å². The summed E-state index contributed by atoms with van der Waals surface area (Å²) in [6.45, 7) is 0. The van der Waals surface area contributed by atoms with Gasteiger partial charge in [0, 0.05) is 16.8 Å². The van der Waals surface area contributed by atoms with E-state index in [9.17, 15) is 0 Å². The van der Waals surface area contributed by atoms with E-state index in [0.29, 0.717) is 0 Å². The lowest BCUT2D eigenvalue weighted by atomic mass is 9.95. The number of fused-ring (bicyclic) bond motifs is 5. The van der Waals surface area contributed by atoms with Gasteiger partial charge in [-0.3, -0.25) is 0 Å². The van der Waals surface area contributed by atoms with Crippen LogP contribution in [0.25, 0.3) is 32.3 Å². The molecule has 6 rings (SSSR count). The summed E-state index contributed by atoms with van der Waals surface area (Å²) in [6, 6.07) is 45.5. The Morgan fingerprint density at radius 1 is 0.355 bits per heavy atom.